The maximum atomic E-state index is 12.0. The van der Waals surface area contributed by atoms with Gasteiger partial charge in [0.2, 0.25) is 10.0 Å². The van der Waals surface area contributed by atoms with Gasteiger partial charge in [0.05, 0.1) is 11.3 Å². The van der Waals surface area contributed by atoms with Gasteiger partial charge in [-0.2, -0.15) is 0 Å². The Balaban J connectivity index is 2.85. The van der Waals surface area contributed by atoms with Gasteiger partial charge in [-0.3, -0.25) is 9.69 Å². The first-order valence-electron chi connectivity index (χ1n) is 6.60. The van der Waals surface area contributed by atoms with Gasteiger partial charge in [0.1, 0.15) is 0 Å². The smallest absolute Gasteiger partial charge is 0.304 e. The van der Waals surface area contributed by atoms with Crippen LogP contribution in [0.15, 0.2) is 29.2 Å². The van der Waals surface area contributed by atoms with Crippen LogP contribution in [0.3, 0.4) is 0 Å². The normalized spacial score (nSPS) is 13.6. The number of carbonyl (C=O) groups is 1. The molecule has 0 saturated carbocycles. The highest BCUT2D eigenvalue weighted by Gasteiger charge is 2.18. The van der Waals surface area contributed by atoms with Crippen molar-refractivity contribution >= 4 is 16.0 Å². The molecule has 0 bridgehead atoms. The average Bonchev–Trinajstić information content (AvgIpc) is 2.43. The summed E-state index contributed by atoms with van der Waals surface area (Å²) < 4.78 is 25.1. The van der Waals surface area contributed by atoms with Crippen LogP contribution in [0.5, 0.6) is 0 Å². The Hall–Kier alpha value is -1.44. The molecule has 0 aliphatic heterocycles. The lowest BCUT2D eigenvalue weighted by atomic mass is 10.1. The molecule has 1 atom stereocenters. The van der Waals surface area contributed by atoms with Crippen molar-refractivity contribution in [1.29, 1.82) is 0 Å². The molecule has 118 valence electrons. The Kier molecular flexibility index (Phi) is 5.88. The third-order valence-electron chi connectivity index (χ3n) is 3.48. The molecule has 1 aromatic rings. The molecule has 0 aromatic heterocycles. The van der Waals surface area contributed by atoms with Crippen molar-refractivity contribution < 1.29 is 18.3 Å². The number of hydrogen-bond acceptors (Lipinski definition) is 4. The van der Waals surface area contributed by atoms with Gasteiger partial charge in [0.15, 0.2) is 0 Å². The molecule has 21 heavy (non-hydrogen) atoms. The first-order valence-corrected chi connectivity index (χ1v) is 8.04. The van der Waals surface area contributed by atoms with Gasteiger partial charge >= 0.3 is 5.97 Å². The monoisotopic (exact) mass is 314 g/mol. The van der Waals surface area contributed by atoms with Crippen LogP contribution in [-0.2, 0) is 14.8 Å². The Morgan fingerprint density at radius 1 is 1.19 bits per heavy atom. The van der Waals surface area contributed by atoms with Crippen LogP contribution in [0, 0.1) is 0 Å². The van der Waals surface area contributed by atoms with Crippen molar-refractivity contribution in [1.82, 2.24) is 9.21 Å². The minimum Gasteiger partial charge on any atom is -0.481 e. The number of benzene rings is 1. The van der Waals surface area contributed by atoms with E-state index in [0.29, 0.717) is 6.54 Å². The zero-order chi connectivity index (χ0) is 16.2. The molecule has 0 amide bonds. The fourth-order valence-corrected chi connectivity index (χ4v) is 2.75. The molecule has 7 heteroatoms. The second-order valence-electron chi connectivity index (χ2n) is 5.16. The minimum atomic E-state index is -3.42. The predicted octanol–water partition coefficient (Wildman–Crippen LogP) is 1.40. The largest absolute Gasteiger partial charge is 0.481 e. The van der Waals surface area contributed by atoms with Crippen molar-refractivity contribution in [2.75, 3.05) is 27.7 Å². The fourth-order valence-electron chi connectivity index (χ4n) is 1.85. The van der Waals surface area contributed by atoms with Crippen LogP contribution in [0.25, 0.3) is 0 Å². The molecule has 6 nitrogen and oxygen atoms in total. The van der Waals surface area contributed by atoms with Crippen LogP contribution in [-0.4, -0.2) is 56.4 Å². The van der Waals surface area contributed by atoms with Gasteiger partial charge < -0.3 is 5.11 Å². The van der Waals surface area contributed by atoms with Gasteiger partial charge in [0.25, 0.3) is 0 Å². The maximum absolute atomic E-state index is 12.0. The summed E-state index contributed by atoms with van der Waals surface area (Å²) in [4.78, 5) is 12.8. The van der Waals surface area contributed by atoms with Gasteiger partial charge in [-0.15, -0.1) is 0 Å². The maximum Gasteiger partial charge on any atom is 0.304 e. The number of rotatable bonds is 7. The van der Waals surface area contributed by atoms with Crippen LogP contribution < -0.4 is 0 Å². The molecule has 0 heterocycles. The van der Waals surface area contributed by atoms with Crippen molar-refractivity contribution in [3.8, 4) is 0 Å². The highest BCUT2D eigenvalue weighted by atomic mass is 32.2. The molecule has 1 rings (SSSR count). The van der Waals surface area contributed by atoms with E-state index in [-0.39, 0.29) is 17.4 Å². The van der Waals surface area contributed by atoms with E-state index >= 15 is 0 Å². The molecule has 1 N–H and O–H groups in total. The highest BCUT2D eigenvalue weighted by molar-refractivity contribution is 7.89. The number of aliphatic carboxylic acids is 1. The molecular formula is C14H22N2O4S. The molecule has 1 unspecified atom stereocenters. The van der Waals surface area contributed by atoms with Gasteiger partial charge in [-0.25, -0.2) is 12.7 Å². The van der Waals surface area contributed by atoms with Crippen LogP contribution >= 0.6 is 0 Å². The third-order valence-corrected chi connectivity index (χ3v) is 5.31. The van der Waals surface area contributed by atoms with Crippen molar-refractivity contribution in [3.63, 3.8) is 0 Å². The lowest BCUT2D eigenvalue weighted by Gasteiger charge is -2.24. The lowest BCUT2D eigenvalue weighted by Crippen LogP contribution is -2.25. The van der Waals surface area contributed by atoms with E-state index in [2.05, 4.69) is 0 Å². The Bertz CT molecular complexity index is 581. The number of sulfonamides is 1. The second kappa shape index (κ2) is 7.02. The van der Waals surface area contributed by atoms with E-state index in [9.17, 15) is 13.2 Å². The Morgan fingerprint density at radius 3 is 2.14 bits per heavy atom. The topological polar surface area (TPSA) is 77.9 Å². The summed E-state index contributed by atoms with van der Waals surface area (Å²) in [5.41, 5.74) is 0.945. The molecule has 0 saturated heterocycles. The molecule has 0 spiro atoms. The summed E-state index contributed by atoms with van der Waals surface area (Å²) in [6, 6.07) is 6.69. The quantitative estimate of drug-likeness (QED) is 0.823. The van der Waals surface area contributed by atoms with E-state index in [0.717, 1.165) is 5.56 Å². The van der Waals surface area contributed by atoms with Crippen molar-refractivity contribution in [3.05, 3.63) is 29.8 Å². The first kappa shape index (κ1) is 17.6. The third kappa shape index (κ3) is 4.52. The summed E-state index contributed by atoms with van der Waals surface area (Å²) in [5, 5.41) is 8.69. The summed E-state index contributed by atoms with van der Waals surface area (Å²) in [6.45, 7) is 2.39. The lowest BCUT2D eigenvalue weighted by molar-refractivity contribution is -0.137. The van der Waals surface area contributed by atoms with E-state index in [1.54, 1.807) is 24.3 Å². The Morgan fingerprint density at radius 2 is 1.71 bits per heavy atom. The summed E-state index contributed by atoms with van der Waals surface area (Å²) in [7, 11) is 1.41. The van der Waals surface area contributed by atoms with E-state index in [1.807, 2.05) is 18.9 Å². The average molecular weight is 314 g/mol. The summed E-state index contributed by atoms with van der Waals surface area (Å²) >= 11 is 0. The molecule has 0 radical (unpaired) electrons. The fraction of sp³-hybridized carbons (Fsp3) is 0.500. The highest BCUT2D eigenvalue weighted by Crippen LogP contribution is 2.21. The van der Waals surface area contributed by atoms with Gasteiger partial charge in [0, 0.05) is 26.7 Å². The van der Waals surface area contributed by atoms with Gasteiger partial charge in [-0.1, -0.05) is 12.1 Å². The second-order valence-corrected chi connectivity index (χ2v) is 7.31. The summed E-state index contributed by atoms with van der Waals surface area (Å²) in [6.07, 6.45) is 0.0773. The van der Waals surface area contributed by atoms with E-state index in [4.69, 9.17) is 5.11 Å². The molecule has 0 aliphatic carbocycles. The predicted molar refractivity (Wildman–Crippen MR) is 80.6 cm³/mol. The number of nitrogens with zero attached hydrogens (tertiary/aromatic N) is 2. The zero-order valence-corrected chi connectivity index (χ0v) is 13.6. The molecule has 1 aromatic carbocycles. The minimum absolute atomic E-state index is 0.0143. The zero-order valence-electron chi connectivity index (χ0n) is 12.8. The number of carboxylic acid groups (broad SMARTS) is 1. The summed E-state index contributed by atoms with van der Waals surface area (Å²) in [5.74, 6) is -0.832. The molecule has 0 fully saturated rings. The van der Waals surface area contributed by atoms with E-state index in [1.165, 1.54) is 18.4 Å². The number of hydrogen-bond donors (Lipinski definition) is 1. The SMILES string of the molecule is CC(c1ccc(S(=O)(=O)N(C)C)cc1)N(C)CCC(=O)O. The van der Waals surface area contributed by atoms with Gasteiger partial charge in [-0.05, 0) is 31.7 Å². The standard InChI is InChI=1S/C14H22N2O4S/c1-11(16(4)10-9-14(17)18)12-5-7-13(8-6-12)21(19,20)15(2)3/h5-8,11H,9-10H2,1-4H3,(H,17,18). The van der Waals surface area contributed by atoms with Crippen LogP contribution in [0.1, 0.15) is 24.9 Å². The van der Waals surface area contributed by atoms with Crippen LogP contribution in [0.4, 0.5) is 0 Å². The molecule has 0 aliphatic rings. The van der Waals surface area contributed by atoms with Crippen LogP contribution in [0.2, 0.25) is 0 Å². The van der Waals surface area contributed by atoms with Crippen molar-refractivity contribution in [2.45, 2.75) is 24.3 Å². The van der Waals surface area contributed by atoms with E-state index < -0.39 is 16.0 Å². The Labute approximate surface area is 126 Å². The number of carboxylic acids is 1. The first-order chi connectivity index (χ1) is 9.66. The molecular weight excluding hydrogens is 292 g/mol. The van der Waals surface area contributed by atoms with Crippen molar-refractivity contribution in [2.24, 2.45) is 0 Å².